The molecular weight excluding hydrogens is 172 g/mol. The Morgan fingerprint density at radius 1 is 1.07 bits per heavy atom. The van der Waals surface area contributed by atoms with Crippen molar-refractivity contribution in [3.63, 3.8) is 0 Å². The fourth-order valence-corrected chi connectivity index (χ4v) is 2.44. The molecule has 0 unspecified atom stereocenters. The molecule has 84 valence electrons. The summed E-state index contributed by atoms with van der Waals surface area (Å²) < 4.78 is 5.87. The summed E-state index contributed by atoms with van der Waals surface area (Å²) in [6.07, 6.45) is 2.91. The Hall–Kier alpha value is -0.0400. The van der Waals surface area contributed by atoms with E-state index in [4.69, 9.17) is 4.74 Å². The first-order valence-corrected chi connectivity index (χ1v) is 5.82. The average Bonchev–Trinajstić information content (AvgIpc) is 2.29. The van der Waals surface area contributed by atoms with Crippen molar-refractivity contribution < 1.29 is 4.74 Å². The van der Waals surface area contributed by atoms with E-state index in [9.17, 15) is 0 Å². The molecule has 1 heteroatoms. The van der Waals surface area contributed by atoms with E-state index in [0.29, 0.717) is 16.9 Å². The molecule has 1 aliphatic heterocycles. The van der Waals surface area contributed by atoms with Crippen LogP contribution in [0.4, 0.5) is 0 Å². The summed E-state index contributed by atoms with van der Waals surface area (Å²) in [4.78, 5) is 0. The molecule has 0 aromatic heterocycles. The zero-order valence-corrected chi connectivity index (χ0v) is 10.7. The highest BCUT2D eigenvalue weighted by Gasteiger charge is 2.38. The van der Waals surface area contributed by atoms with Crippen LogP contribution in [0.1, 0.15) is 54.4 Å². The Balaban J connectivity index is 2.61. The lowest BCUT2D eigenvalue weighted by molar-refractivity contribution is 0.0284. The number of hydrogen-bond acceptors (Lipinski definition) is 1. The molecule has 1 heterocycles. The summed E-state index contributed by atoms with van der Waals surface area (Å²) in [6, 6.07) is 0. The SMILES string of the molecule is CC(C)(C)C[C@H]1OCC[C@@H]1C(C)(C)C. The highest BCUT2D eigenvalue weighted by molar-refractivity contribution is 4.87. The molecule has 0 N–H and O–H groups in total. The number of hydrogen-bond donors (Lipinski definition) is 0. The minimum absolute atomic E-state index is 0.387. The maximum atomic E-state index is 5.87. The van der Waals surface area contributed by atoms with Gasteiger partial charge >= 0.3 is 0 Å². The van der Waals surface area contributed by atoms with Gasteiger partial charge in [-0.15, -0.1) is 0 Å². The summed E-state index contributed by atoms with van der Waals surface area (Å²) in [7, 11) is 0. The van der Waals surface area contributed by atoms with Gasteiger partial charge in [0.25, 0.3) is 0 Å². The summed E-state index contributed by atoms with van der Waals surface area (Å²) in [6.45, 7) is 14.9. The van der Waals surface area contributed by atoms with Gasteiger partial charge in [0.1, 0.15) is 0 Å². The fourth-order valence-electron chi connectivity index (χ4n) is 2.44. The Morgan fingerprint density at radius 2 is 1.64 bits per heavy atom. The second-order valence-corrected chi connectivity index (χ2v) is 6.94. The van der Waals surface area contributed by atoms with Crippen LogP contribution in [-0.2, 0) is 4.74 Å². The molecule has 1 fully saturated rings. The molecule has 2 atom stereocenters. The van der Waals surface area contributed by atoms with Crippen molar-refractivity contribution in [3.05, 3.63) is 0 Å². The van der Waals surface area contributed by atoms with Gasteiger partial charge in [0, 0.05) is 6.61 Å². The van der Waals surface area contributed by atoms with E-state index in [1.54, 1.807) is 0 Å². The molecule has 0 spiro atoms. The van der Waals surface area contributed by atoms with Gasteiger partial charge in [0.15, 0.2) is 0 Å². The average molecular weight is 198 g/mol. The van der Waals surface area contributed by atoms with Crippen LogP contribution < -0.4 is 0 Å². The van der Waals surface area contributed by atoms with Crippen molar-refractivity contribution in [3.8, 4) is 0 Å². The third-order valence-corrected chi connectivity index (χ3v) is 3.14. The quantitative estimate of drug-likeness (QED) is 0.621. The predicted octanol–water partition coefficient (Wildman–Crippen LogP) is 3.87. The van der Waals surface area contributed by atoms with Crippen LogP contribution >= 0.6 is 0 Å². The van der Waals surface area contributed by atoms with Crippen molar-refractivity contribution in [2.75, 3.05) is 6.61 Å². The molecule has 0 aromatic rings. The number of rotatable bonds is 1. The van der Waals surface area contributed by atoms with Gasteiger partial charge in [-0.1, -0.05) is 41.5 Å². The van der Waals surface area contributed by atoms with Crippen LogP contribution in [0.25, 0.3) is 0 Å². The molecule has 0 bridgehead atoms. The summed E-state index contributed by atoms with van der Waals surface area (Å²) in [5.41, 5.74) is 0.783. The van der Waals surface area contributed by atoms with E-state index in [1.165, 1.54) is 12.8 Å². The van der Waals surface area contributed by atoms with Gasteiger partial charge in [0.05, 0.1) is 6.10 Å². The van der Waals surface area contributed by atoms with Gasteiger partial charge in [-0.3, -0.25) is 0 Å². The number of ether oxygens (including phenoxy) is 1. The molecule has 1 saturated heterocycles. The van der Waals surface area contributed by atoms with Crippen molar-refractivity contribution in [1.82, 2.24) is 0 Å². The lowest BCUT2D eigenvalue weighted by Crippen LogP contribution is -2.31. The molecule has 1 nitrogen and oxygen atoms in total. The third kappa shape index (κ3) is 3.27. The summed E-state index contributed by atoms with van der Waals surface area (Å²) in [5.74, 6) is 0.738. The standard InChI is InChI=1S/C13H26O/c1-12(2,3)9-11-10(7-8-14-11)13(4,5)6/h10-11H,7-9H2,1-6H3/t10-,11+/m0/s1. The molecule has 0 aliphatic carbocycles. The Kier molecular flexibility index (Phi) is 3.30. The zero-order chi connectivity index (χ0) is 11.0. The van der Waals surface area contributed by atoms with Crippen LogP contribution in [0.15, 0.2) is 0 Å². The van der Waals surface area contributed by atoms with Crippen LogP contribution in [0.3, 0.4) is 0 Å². The highest BCUT2D eigenvalue weighted by atomic mass is 16.5. The zero-order valence-electron chi connectivity index (χ0n) is 10.7. The summed E-state index contributed by atoms with van der Waals surface area (Å²) >= 11 is 0. The van der Waals surface area contributed by atoms with E-state index in [1.807, 2.05) is 0 Å². The van der Waals surface area contributed by atoms with Gasteiger partial charge in [-0.05, 0) is 29.6 Å². The van der Waals surface area contributed by atoms with Crippen LogP contribution in [0.5, 0.6) is 0 Å². The molecule has 0 saturated carbocycles. The molecule has 0 amide bonds. The predicted molar refractivity (Wildman–Crippen MR) is 61.4 cm³/mol. The lowest BCUT2D eigenvalue weighted by Gasteiger charge is -2.34. The summed E-state index contributed by atoms with van der Waals surface area (Å²) in [5, 5.41) is 0. The molecule has 1 rings (SSSR count). The van der Waals surface area contributed by atoms with Gasteiger partial charge in [-0.25, -0.2) is 0 Å². The first-order valence-electron chi connectivity index (χ1n) is 5.82. The van der Waals surface area contributed by atoms with Crippen molar-refractivity contribution in [2.45, 2.75) is 60.5 Å². The second kappa shape index (κ2) is 3.84. The smallest absolute Gasteiger partial charge is 0.0614 e. The Bertz CT molecular complexity index is 182. The molecule has 1 aliphatic rings. The van der Waals surface area contributed by atoms with Crippen LogP contribution in [0.2, 0.25) is 0 Å². The highest BCUT2D eigenvalue weighted by Crippen LogP contribution is 2.41. The monoisotopic (exact) mass is 198 g/mol. The maximum Gasteiger partial charge on any atom is 0.0614 e. The molecule has 0 aromatic carbocycles. The van der Waals surface area contributed by atoms with E-state index < -0.39 is 0 Å². The van der Waals surface area contributed by atoms with Gasteiger partial charge < -0.3 is 4.74 Å². The van der Waals surface area contributed by atoms with E-state index in [2.05, 4.69) is 41.5 Å². The minimum Gasteiger partial charge on any atom is -0.378 e. The van der Waals surface area contributed by atoms with Gasteiger partial charge in [0.2, 0.25) is 0 Å². The van der Waals surface area contributed by atoms with E-state index in [0.717, 1.165) is 12.5 Å². The topological polar surface area (TPSA) is 9.23 Å². The van der Waals surface area contributed by atoms with Gasteiger partial charge in [-0.2, -0.15) is 0 Å². The second-order valence-electron chi connectivity index (χ2n) is 6.94. The minimum atomic E-state index is 0.387. The van der Waals surface area contributed by atoms with Crippen molar-refractivity contribution in [1.29, 1.82) is 0 Å². The van der Waals surface area contributed by atoms with Crippen molar-refractivity contribution >= 4 is 0 Å². The first-order chi connectivity index (χ1) is 6.20. The lowest BCUT2D eigenvalue weighted by atomic mass is 9.73. The molecule has 14 heavy (non-hydrogen) atoms. The molecular formula is C13H26O. The fraction of sp³-hybridized carbons (Fsp3) is 1.00. The maximum absolute atomic E-state index is 5.87. The molecule has 0 radical (unpaired) electrons. The first kappa shape index (κ1) is 12.0. The Labute approximate surface area is 89.2 Å². The van der Waals surface area contributed by atoms with Crippen molar-refractivity contribution in [2.24, 2.45) is 16.7 Å². The normalized spacial score (nSPS) is 29.6. The van der Waals surface area contributed by atoms with E-state index >= 15 is 0 Å². The van der Waals surface area contributed by atoms with Crippen LogP contribution in [-0.4, -0.2) is 12.7 Å². The third-order valence-electron chi connectivity index (χ3n) is 3.14. The largest absolute Gasteiger partial charge is 0.378 e. The Morgan fingerprint density at radius 3 is 2.07 bits per heavy atom. The van der Waals surface area contributed by atoms with Crippen LogP contribution in [0, 0.1) is 16.7 Å². The van der Waals surface area contributed by atoms with E-state index in [-0.39, 0.29) is 0 Å².